The fourth-order valence-corrected chi connectivity index (χ4v) is 14.9. The number of likely N-dealkylation sites (N-methyl/N-ethyl adjacent to an activating group) is 1. The predicted molar refractivity (Wildman–Crippen MR) is 252 cm³/mol. The third-order valence-corrected chi connectivity index (χ3v) is 18.6. The molecule has 3 aromatic heterocycles. The van der Waals surface area contributed by atoms with Crippen molar-refractivity contribution in [2.24, 2.45) is 5.41 Å². The van der Waals surface area contributed by atoms with Crippen molar-refractivity contribution in [1.82, 2.24) is 24.8 Å². The second-order valence-corrected chi connectivity index (χ2v) is 22.7. The fraction of sp³-hybridized carbons (Fsp3) is 0.367. The average molecular weight is 1050 g/mol. The topological polar surface area (TPSA) is 144 Å². The van der Waals surface area contributed by atoms with Gasteiger partial charge in [0.25, 0.3) is 5.92 Å². The molecule has 13 nitrogen and oxygen atoms in total. The number of hydrogen-bond donors (Lipinski definition) is 2. The molecule has 368 valence electrons. The summed E-state index contributed by atoms with van der Waals surface area (Å²) in [6.07, 6.45) is -5.15. The number of alkyl halides is 5. The zero-order chi connectivity index (χ0) is 49.9. The van der Waals surface area contributed by atoms with E-state index in [0.29, 0.717) is 32.0 Å². The van der Waals surface area contributed by atoms with Crippen molar-refractivity contribution in [3.63, 3.8) is 0 Å². The number of benzene rings is 3. The predicted octanol–water partition coefficient (Wildman–Crippen LogP) is 9.65. The maximum absolute atomic E-state index is 18.1. The summed E-state index contributed by atoms with van der Waals surface area (Å²) >= 11 is 4.61. The summed E-state index contributed by atoms with van der Waals surface area (Å²) in [6.45, 7) is 2.86. The van der Waals surface area contributed by atoms with E-state index in [2.05, 4.69) is 15.3 Å². The number of nitrogens with one attached hydrogen (secondary N) is 1. The number of rotatable bonds is 14. The Labute approximate surface area is 408 Å². The molecule has 6 aromatic rings. The molecule has 1 saturated carbocycles. The number of carboxylic acid groups (broad SMARTS) is 1. The Morgan fingerprint density at radius 3 is 2.24 bits per heavy atom. The zero-order valence-corrected chi connectivity index (χ0v) is 41.1. The van der Waals surface area contributed by atoms with E-state index in [1.807, 2.05) is 24.3 Å². The minimum absolute atomic E-state index is 0.00297. The van der Waals surface area contributed by atoms with Crippen LogP contribution >= 0.6 is 11.6 Å². The molecule has 3 aliphatic rings. The number of halogens is 7. The molecule has 0 radical (unpaired) electrons. The van der Waals surface area contributed by atoms with Gasteiger partial charge in [0, 0.05) is 19.2 Å². The van der Waals surface area contributed by atoms with Gasteiger partial charge in [-0.2, -0.15) is 0 Å². The van der Waals surface area contributed by atoms with Gasteiger partial charge in [-0.15, -0.1) is 0 Å². The van der Waals surface area contributed by atoms with Gasteiger partial charge < -0.3 is 5.11 Å². The van der Waals surface area contributed by atoms with Crippen molar-refractivity contribution < 1.29 is 55.2 Å². The SMILES string of the molecule is COc1ccc(C[As](Cc2ccc(OC)cc2)c2cc(C)c(C(F)(F)F)c(-c3c(Cl)c4c5c(nc(OC[C@@H]6C[C@@]7(CN6C)CC7(F)F)nc5c3F)N([C@H](C)c3cccnc3NC(=O)O)CCO4)n2)cc1. The number of methoxy groups -OCH3 is 2. The molecule has 0 bridgehead atoms. The van der Waals surface area contributed by atoms with Crippen LogP contribution in [0.4, 0.5) is 42.8 Å². The van der Waals surface area contributed by atoms with E-state index in [1.54, 1.807) is 74.4 Å². The number of nitrogens with zero attached hydrogens (tertiary/aromatic N) is 6. The number of pyridine rings is 2. The maximum atomic E-state index is 18.1. The van der Waals surface area contributed by atoms with Crippen LogP contribution in [0, 0.1) is 18.2 Å². The average Bonchev–Trinajstić information content (AvgIpc) is 3.78. The number of amides is 1. The van der Waals surface area contributed by atoms with Crippen LogP contribution in [0.25, 0.3) is 22.2 Å². The first-order valence-electron chi connectivity index (χ1n) is 22.2. The Bertz CT molecular complexity index is 2920. The number of carbonyl (C=O) groups is 1. The molecule has 70 heavy (non-hydrogen) atoms. The summed E-state index contributed by atoms with van der Waals surface area (Å²) in [5.74, 6) is -3.03. The first-order chi connectivity index (χ1) is 33.3. The Kier molecular flexibility index (Phi) is 13.2. The molecular weight excluding hydrogens is 1010 g/mol. The van der Waals surface area contributed by atoms with E-state index in [4.69, 9.17) is 40.5 Å². The van der Waals surface area contributed by atoms with Gasteiger partial charge in [-0.25, -0.2) is 18.6 Å². The summed E-state index contributed by atoms with van der Waals surface area (Å²) in [5.41, 5.74) is -2.36. The van der Waals surface area contributed by atoms with Crippen molar-refractivity contribution >= 4 is 59.4 Å². The van der Waals surface area contributed by atoms with Crippen LogP contribution in [-0.4, -0.2) is 110 Å². The summed E-state index contributed by atoms with van der Waals surface area (Å²) in [6, 6.07) is 17.8. The van der Waals surface area contributed by atoms with Gasteiger partial charge in [0.15, 0.2) is 0 Å². The molecule has 2 fully saturated rings. The Morgan fingerprint density at radius 2 is 1.67 bits per heavy atom. The van der Waals surface area contributed by atoms with Crippen LogP contribution < -0.4 is 33.6 Å². The van der Waals surface area contributed by atoms with Crippen molar-refractivity contribution in [2.45, 2.75) is 61.3 Å². The number of aromatic nitrogens is 4. The van der Waals surface area contributed by atoms with Gasteiger partial charge in [-0.05, 0) is 13.1 Å². The second-order valence-electron chi connectivity index (χ2n) is 17.8. The number of anilines is 2. The molecule has 3 aromatic carbocycles. The molecule has 2 aliphatic heterocycles. The van der Waals surface area contributed by atoms with E-state index in [-0.39, 0.29) is 67.5 Å². The molecule has 9 rings (SSSR count). The fourth-order valence-electron chi connectivity index (χ4n) is 9.59. The van der Waals surface area contributed by atoms with Crippen LogP contribution in [0.15, 0.2) is 72.9 Å². The van der Waals surface area contributed by atoms with Gasteiger partial charge >= 0.3 is 337 Å². The van der Waals surface area contributed by atoms with Crippen molar-refractivity contribution in [1.29, 1.82) is 0 Å². The quantitative estimate of drug-likeness (QED) is 0.0792. The Hall–Kier alpha value is -6.04. The van der Waals surface area contributed by atoms with Gasteiger partial charge in [-0.1, -0.05) is 0 Å². The molecule has 1 spiro atoms. The summed E-state index contributed by atoms with van der Waals surface area (Å²) in [7, 11) is 4.80. The summed E-state index contributed by atoms with van der Waals surface area (Å²) in [5, 5.41) is 12.2. The van der Waals surface area contributed by atoms with E-state index in [0.717, 1.165) is 11.1 Å². The molecule has 2 N–H and O–H groups in total. The van der Waals surface area contributed by atoms with Crippen molar-refractivity contribution in [2.75, 3.05) is 57.8 Å². The van der Waals surface area contributed by atoms with E-state index < -0.39 is 89.5 Å². The number of hydrogen-bond acceptors (Lipinski definition) is 11. The van der Waals surface area contributed by atoms with Crippen LogP contribution in [-0.2, 0) is 16.6 Å². The van der Waals surface area contributed by atoms with Gasteiger partial charge in [-0.3, -0.25) is 5.32 Å². The summed E-state index contributed by atoms with van der Waals surface area (Å²) < 4.78 is 117. The molecule has 1 saturated heterocycles. The monoisotopic (exact) mass is 1050 g/mol. The molecule has 3 atom stereocenters. The van der Waals surface area contributed by atoms with Gasteiger partial charge in [0.2, 0.25) is 0 Å². The molecule has 0 unspecified atom stereocenters. The second kappa shape index (κ2) is 18.9. The first kappa shape index (κ1) is 49.0. The summed E-state index contributed by atoms with van der Waals surface area (Å²) in [4.78, 5) is 33.4. The first-order valence-corrected chi connectivity index (χ1v) is 26.2. The van der Waals surface area contributed by atoms with E-state index in [1.165, 1.54) is 19.2 Å². The Balaban J connectivity index is 1.22. The van der Waals surface area contributed by atoms with E-state index in [9.17, 15) is 18.7 Å². The Morgan fingerprint density at radius 1 is 1.03 bits per heavy atom. The molecule has 5 heterocycles. The molecule has 1 amide bonds. The van der Waals surface area contributed by atoms with Crippen LogP contribution in [0.2, 0.25) is 5.02 Å². The normalized spacial score (nSPS) is 19.0. The van der Waals surface area contributed by atoms with E-state index >= 15 is 17.6 Å². The number of aryl methyl sites for hydroxylation is 1. The van der Waals surface area contributed by atoms with Crippen molar-refractivity contribution in [3.8, 4) is 34.5 Å². The number of likely N-dealkylation sites (tertiary alicyclic amines) is 1. The molecular formula is C49H47AsClF6N7O6. The molecule has 1 aliphatic carbocycles. The third kappa shape index (κ3) is 9.35. The molecule has 21 heteroatoms. The minimum atomic E-state index is -5.04. The van der Waals surface area contributed by atoms with Gasteiger partial charge in [0.1, 0.15) is 0 Å². The number of ether oxygens (including phenoxy) is 4. The van der Waals surface area contributed by atoms with Crippen molar-refractivity contribution in [3.05, 3.63) is 112 Å². The standard InChI is InChI=1S/C49H47AsClF6N7O6/c1-26-19-34(50(21-28-8-12-31(67-4)13-9-28)22-29-10-14-32(68-5)15-11-29)59-40(37(26)49(55,56)57)35-38(51)42-36-41(39(35)52)60-45(70-23-30-20-47(25-63(30)3)24-48(47,53)54)62-44(36)64(17-18-69-42)27(2)33-7-6-16-58-43(33)61-46(65)66/h6-16,19,27,30H,17-18,20-25H2,1-5H3,(H,58,61)(H,65,66)/t27-,30+,47+/m1/s1. The van der Waals surface area contributed by atoms with Gasteiger partial charge in [0.05, 0.1) is 5.41 Å². The van der Waals surface area contributed by atoms with Crippen LogP contribution in [0.3, 0.4) is 0 Å². The zero-order valence-electron chi connectivity index (χ0n) is 38.5. The van der Waals surface area contributed by atoms with Crippen LogP contribution in [0.1, 0.15) is 53.6 Å². The third-order valence-electron chi connectivity index (χ3n) is 13.3. The van der Waals surface area contributed by atoms with Crippen LogP contribution in [0.5, 0.6) is 23.3 Å².